The van der Waals surface area contributed by atoms with Gasteiger partial charge in [0.2, 0.25) is 0 Å². The second-order valence-corrected chi connectivity index (χ2v) is 11.3. The number of amides is 1. The molecule has 6 rings (SSSR count). The van der Waals surface area contributed by atoms with Gasteiger partial charge in [-0.25, -0.2) is 4.79 Å². The fourth-order valence-electron chi connectivity index (χ4n) is 6.29. The van der Waals surface area contributed by atoms with Crippen molar-refractivity contribution in [1.82, 2.24) is 9.55 Å². The molecule has 47 heavy (non-hydrogen) atoms. The minimum absolute atomic E-state index is 0.0334. The first-order chi connectivity index (χ1) is 22.8. The van der Waals surface area contributed by atoms with Crippen LogP contribution in [0.5, 0.6) is 11.5 Å². The van der Waals surface area contributed by atoms with E-state index in [0.717, 1.165) is 16.7 Å². The van der Waals surface area contributed by atoms with Crippen molar-refractivity contribution >= 4 is 11.7 Å². The topological polar surface area (TPSA) is 132 Å². The Kier molecular flexibility index (Phi) is 9.17. The van der Waals surface area contributed by atoms with Crippen LogP contribution in [0.25, 0.3) is 0 Å². The fourth-order valence-corrected chi connectivity index (χ4v) is 6.29. The van der Waals surface area contributed by atoms with Crippen LogP contribution in [0.2, 0.25) is 0 Å². The number of aromatic nitrogens is 2. The normalized spacial score (nSPS) is 18.3. The average Bonchev–Trinajstić information content (AvgIpc) is 3.51. The number of methoxy groups -OCH3 is 2. The van der Waals surface area contributed by atoms with Crippen molar-refractivity contribution in [2.24, 2.45) is 0 Å². The van der Waals surface area contributed by atoms with Crippen molar-refractivity contribution < 1.29 is 29.2 Å². The summed E-state index contributed by atoms with van der Waals surface area (Å²) >= 11 is 0. The molecule has 0 saturated carbocycles. The molecule has 1 aliphatic rings. The predicted octanol–water partition coefficient (Wildman–Crippen LogP) is 4.56. The molecule has 2 heterocycles. The summed E-state index contributed by atoms with van der Waals surface area (Å²) in [5.41, 5.74) is 0.840. The van der Waals surface area contributed by atoms with Crippen molar-refractivity contribution in [2.45, 2.75) is 36.4 Å². The van der Waals surface area contributed by atoms with Crippen molar-refractivity contribution in [1.29, 1.82) is 0 Å². The van der Waals surface area contributed by atoms with Gasteiger partial charge >= 0.3 is 5.69 Å². The molecule has 4 aromatic carbocycles. The molecule has 1 aliphatic heterocycles. The smallest absolute Gasteiger partial charge is 0.351 e. The summed E-state index contributed by atoms with van der Waals surface area (Å²) in [6.45, 7) is 0. The van der Waals surface area contributed by atoms with Crippen molar-refractivity contribution in [3.8, 4) is 11.5 Å². The minimum atomic E-state index is -1.24. The molecular weight excluding hydrogens is 598 g/mol. The molecule has 10 heteroatoms. The van der Waals surface area contributed by atoms with Crippen LogP contribution in [0.3, 0.4) is 0 Å². The Balaban J connectivity index is 1.36. The number of carbonyl (C=O) groups excluding carboxylic acids is 1. The van der Waals surface area contributed by atoms with Gasteiger partial charge in [0.1, 0.15) is 23.4 Å². The quantitative estimate of drug-likeness (QED) is 0.191. The highest BCUT2D eigenvalue weighted by atomic mass is 16.5. The molecule has 5 aromatic rings. The molecule has 1 aromatic heterocycles. The third-order valence-corrected chi connectivity index (χ3v) is 8.61. The molecule has 1 unspecified atom stereocenters. The van der Waals surface area contributed by atoms with E-state index < -0.39 is 41.6 Å². The highest BCUT2D eigenvalue weighted by molar-refractivity contribution is 6.03. The van der Waals surface area contributed by atoms with Gasteiger partial charge in [-0.05, 0) is 59.2 Å². The number of anilines is 1. The van der Waals surface area contributed by atoms with Gasteiger partial charge in [0.25, 0.3) is 5.91 Å². The van der Waals surface area contributed by atoms with Gasteiger partial charge in [-0.2, -0.15) is 4.98 Å². The molecule has 3 N–H and O–H groups in total. The van der Waals surface area contributed by atoms with Crippen LogP contribution in [0.15, 0.2) is 126 Å². The molecule has 4 atom stereocenters. The Morgan fingerprint density at radius 1 is 0.851 bits per heavy atom. The van der Waals surface area contributed by atoms with Gasteiger partial charge in [-0.15, -0.1) is 0 Å². The summed E-state index contributed by atoms with van der Waals surface area (Å²) in [5.74, 6) is 0.960. The first kappa shape index (κ1) is 31.7. The predicted molar refractivity (Wildman–Crippen MR) is 176 cm³/mol. The Morgan fingerprint density at radius 2 is 1.38 bits per heavy atom. The average molecular weight is 634 g/mol. The highest BCUT2D eigenvalue weighted by Gasteiger charge is 2.51. The number of hydrogen-bond acceptors (Lipinski definition) is 8. The van der Waals surface area contributed by atoms with Crippen LogP contribution in [0, 0.1) is 0 Å². The lowest BCUT2D eigenvalue weighted by atomic mass is 9.64. The fraction of sp³-hybridized carbons (Fsp3) is 0.216. The SMILES string of the molecule is COc1ccc(C(c2ccccc2)(c2ccc(OC)cc2)C(O)[C@@H]2C[C@@H](O)[C@H](n3ccc(NC(=O)c4ccccc4)nc3=O)O2)cc1. The standard InChI is InChI=1S/C37H35N3O7/c1-45-28-17-13-26(14-18-28)37(25-11-7-4-8-12-25,27-15-19-29(46-2)20-16-27)33(42)31-23-30(41)35(47-31)40-22-21-32(39-36(40)44)38-34(43)24-9-5-3-6-10-24/h3-22,30-31,33,35,41-42H,23H2,1-2H3,(H,38,39,43,44)/t30-,31+,33?,35-/m1/s1. The summed E-state index contributed by atoms with van der Waals surface area (Å²) in [7, 11) is 3.18. The highest BCUT2D eigenvalue weighted by Crippen LogP contribution is 2.47. The largest absolute Gasteiger partial charge is 0.497 e. The van der Waals surface area contributed by atoms with Crippen molar-refractivity contribution in [3.63, 3.8) is 0 Å². The Hall–Kier alpha value is -5.29. The van der Waals surface area contributed by atoms with E-state index in [0.29, 0.717) is 17.1 Å². The number of hydrogen-bond donors (Lipinski definition) is 3. The first-order valence-electron chi connectivity index (χ1n) is 15.2. The number of aliphatic hydroxyl groups is 2. The second-order valence-electron chi connectivity index (χ2n) is 11.3. The van der Waals surface area contributed by atoms with E-state index in [1.807, 2.05) is 78.9 Å². The maximum absolute atomic E-state index is 13.2. The third kappa shape index (κ3) is 6.14. The summed E-state index contributed by atoms with van der Waals surface area (Å²) in [5, 5.41) is 26.4. The van der Waals surface area contributed by atoms with Gasteiger partial charge < -0.3 is 29.7 Å². The van der Waals surface area contributed by atoms with Crippen LogP contribution in [-0.2, 0) is 10.2 Å². The number of nitrogens with zero attached hydrogens (tertiary/aromatic N) is 2. The summed E-state index contributed by atoms with van der Waals surface area (Å²) in [6.07, 6.45) is -2.97. The molecule has 0 bridgehead atoms. The van der Waals surface area contributed by atoms with Crippen LogP contribution in [0.4, 0.5) is 5.82 Å². The van der Waals surface area contributed by atoms with Crippen LogP contribution >= 0.6 is 0 Å². The van der Waals surface area contributed by atoms with Gasteiger partial charge in [0.15, 0.2) is 6.23 Å². The minimum Gasteiger partial charge on any atom is -0.497 e. The van der Waals surface area contributed by atoms with Crippen LogP contribution in [-0.4, -0.2) is 58.2 Å². The molecule has 1 amide bonds. The molecule has 10 nitrogen and oxygen atoms in total. The molecule has 1 saturated heterocycles. The lowest BCUT2D eigenvalue weighted by Crippen LogP contribution is -2.48. The number of carbonyl (C=O) groups is 1. The Labute approximate surface area is 271 Å². The molecule has 0 radical (unpaired) electrons. The van der Waals surface area contributed by atoms with Gasteiger partial charge in [-0.1, -0.05) is 72.8 Å². The first-order valence-corrected chi connectivity index (χ1v) is 15.2. The number of nitrogens with one attached hydrogen (secondary N) is 1. The Bertz CT molecular complexity index is 1820. The number of benzene rings is 4. The van der Waals surface area contributed by atoms with E-state index in [9.17, 15) is 19.8 Å². The lowest BCUT2D eigenvalue weighted by Gasteiger charge is -2.42. The lowest BCUT2D eigenvalue weighted by molar-refractivity contribution is -0.0886. The van der Waals surface area contributed by atoms with E-state index in [1.165, 1.54) is 16.8 Å². The van der Waals surface area contributed by atoms with Gasteiger partial charge in [0.05, 0.1) is 31.8 Å². The molecule has 1 fully saturated rings. The summed E-state index contributed by atoms with van der Waals surface area (Å²) in [6, 6.07) is 34.6. The van der Waals surface area contributed by atoms with E-state index >= 15 is 0 Å². The second kappa shape index (κ2) is 13.6. The monoisotopic (exact) mass is 633 g/mol. The molecule has 240 valence electrons. The molecular formula is C37H35N3O7. The summed E-state index contributed by atoms with van der Waals surface area (Å²) < 4.78 is 18.4. The van der Waals surface area contributed by atoms with Crippen LogP contribution < -0.4 is 20.5 Å². The number of ether oxygens (including phenoxy) is 3. The zero-order valence-corrected chi connectivity index (χ0v) is 25.9. The maximum Gasteiger partial charge on any atom is 0.351 e. The zero-order valence-electron chi connectivity index (χ0n) is 25.9. The van der Waals surface area contributed by atoms with Gasteiger partial charge in [0, 0.05) is 18.2 Å². The van der Waals surface area contributed by atoms with E-state index in [1.54, 1.807) is 44.6 Å². The van der Waals surface area contributed by atoms with E-state index in [2.05, 4.69) is 10.3 Å². The molecule has 0 aliphatic carbocycles. The number of rotatable bonds is 10. The van der Waals surface area contributed by atoms with E-state index in [-0.39, 0.29) is 12.2 Å². The maximum atomic E-state index is 13.2. The van der Waals surface area contributed by atoms with Crippen molar-refractivity contribution in [2.75, 3.05) is 19.5 Å². The van der Waals surface area contributed by atoms with Crippen LogP contribution in [0.1, 0.15) is 39.7 Å². The summed E-state index contributed by atoms with van der Waals surface area (Å²) in [4.78, 5) is 29.8. The third-order valence-electron chi connectivity index (χ3n) is 8.61. The Morgan fingerprint density at radius 3 is 1.91 bits per heavy atom. The zero-order chi connectivity index (χ0) is 33.0. The van der Waals surface area contributed by atoms with Crippen molar-refractivity contribution in [3.05, 3.63) is 154 Å². The van der Waals surface area contributed by atoms with Gasteiger partial charge in [-0.3, -0.25) is 9.36 Å². The molecule has 0 spiro atoms. The number of aliphatic hydroxyl groups excluding tert-OH is 2. The van der Waals surface area contributed by atoms with E-state index in [4.69, 9.17) is 14.2 Å².